The molecule has 0 radical (unpaired) electrons. The van der Waals surface area contributed by atoms with Crippen molar-refractivity contribution in [1.82, 2.24) is 0 Å². The summed E-state index contributed by atoms with van der Waals surface area (Å²) in [5, 5.41) is 21.3. The molecule has 118 valence electrons. The largest absolute Gasteiger partial charge is 0.594 e. The first-order chi connectivity index (χ1) is 10.9. The number of carbonyl (C=O) groups excluding carboxylic acids is 2. The zero-order valence-corrected chi connectivity index (χ0v) is 12.7. The molecule has 7 nitrogen and oxygen atoms in total. The summed E-state index contributed by atoms with van der Waals surface area (Å²) >= 11 is 0. The Morgan fingerprint density at radius 3 is 2.13 bits per heavy atom. The monoisotopic (exact) mass is 312 g/mol. The standard InChI is InChI=1S/C16H16N4O3/c1-11(21)17-13-5-3-7-15(9-13)19-20(23)16-8-4-6-14(10-16)18-12(2)22/h3-10H,1-2H3,(H,17,21)(H,18,22). The van der Waals surface area contributed by atoms with Crippen LogP contribution in [0.25, 0.3) is 0 Å². The van der Waals surface area contributed by atoms with Crippen molar-refractivity contribution in [2.45, 2.75) is 13.8 Å². The SMILES string of the molecule is CC(=O)Nc1cccc(N=[N+]([O-])c2cccc(NC(C)=O)c2)c1. The van der Waals surface area contributed by atoms with Crippen molar-refractivity contribution >= 4 is 34.6 Å². The van der Waals surface area contributed by atoms with E-state index in [-0.39, 0.29) is 17.5 Å². The van der Waals surface area contributed by atoms with E-state index in [1.54, 1.807) is 42.5 Å². The Bertz CT molecular complexity index is 771. The van der Waals surface area contributed by atoms with Gasteiger partial charge >= 0.3 is 0 Å². The number of azo groups is 1. The van der Waals surface area contributed by atoms with Crippen LogP contribution in [0.15, 0.2) is 53.6 Å². The van der Waals surface area contributed by atoms with E-state index in [2.05, 4.69) is 15.7 Å². The predicted octanol–water partition coefficient (Wildman–Crippen LogP) is 3.53. The Morgan fingerprint density at radius 1 is 0.957 bits per heavy atom. The van der Waals surface area contributed by atoms with E-state index < -0.39 is 0 Å². The lowest BCUT2D eigenvalue weighted by molar-refractivity contribution is -0.435. The van der Waals surface area contributed by atoms with Crippen LogP contribution in [0.2, 0.25) is 0 Å². The Kier molecular flexibility index (Phi) is 5.03. The predicted molar refractivity (Wildman–Crippen MR) is 86.9 cm³/mol. The third kappa shape index (κ3) is 4.92. The molecule has 0 unspecified atom stereocenters. The van der Waals surface area contributed by atoms with E-state index in [0.29, 0.717) is 21.9 Å². The number of carbonyl (C=O) groups is 2. The molecular weight excluding hydrogens is 296 g/mol. The molecular formula is C16H16N4O3. The van der Waals surface area contributed by atoms with E-state index in [0.717, 1.165) is 0 Å². The van der Waals surface area contributed by atoms with E-state index >= 15 is 0 Å². The Balaban J connectivity index is 2.25. The number of anilines is 2. The normalized spacial score (nSPS) is 11.0. The fraction of sp³-hybridized carbons (Fsp3) is 0.125. The van der Waals surface area contributed by atoms with E-state index in [1.807, 2.05) is 0 Å². The van der Waals surface area contributed by atoms with E-state index in [4.69, 9.17) is 0 Å². The molecule has 2 rings (SSSR count). The third-order valence-corrected chi connectivity index (χ3v) is 2.76. The third-order valence-electron chi connectivity index (χ3n) is 2.76. The second kappa shape index (κ2) is 7.17. The van der Waals surface area contributed by atoms with Gasteiger partial charge in [0.1, 0.15) is 5.69 Å². The lowest BCUT2D eigenvalue weighted by Crippen LogP contribution is -2.06. The van der Waals surface area contributed by atoms with Gasteiger partial charge in [-0.3, -0.25) is 9.59 Å². The summed E-state index contributed by atoms with van der Waals surface area (Å²) in [6.07, 6.45) is 0. The topological polar surface area (TPSA) is 96.6 Å². The second-order valence-electron chi connectivity index (χ2n) is 4.84. The summed E-state index contributed by atoms with van der Waals surface area (Å²) < 4.78 is 0. The van der Waals surface area contributed by atoms with E-state index in [1.165, 1.54) is 19.9 Å². The van der Waals surface area contributed by atoms with Gasteiger partial charge < -0.3 is 15.8 Å². The van der Waals surface area contributed by atoms with Crippen LogP contribution in [-0.2, 0) is 9.59 Å². The number of nitrogens with zero attached hydrogens (tertiary/aromatic N) is 2. The molecule has 2 amide bonds. The Labute approximate surface area is 133 Å². The quantitative estimate of drug-likeness (QED) is 0.513. The van der Waals surface area contributed by atoms with Gasteiger partial charge in [-0.2, -0.15) is 0 Å². The summed E-state index contributed by atoms with van der Waals surface area (Å²) in [6, 6.07) is 13.1. The highest BCUT2D eigenvalue weighted by Crippen LogP contribution is 2.22. The maximum absolute atomic E-state index is 12.1. The number of rotatable bonds is 4. The molecule has 0 saturated heterocycles. The van der Waals surface area contributed by atoms with Crippen LogP contribution >= 0.6 is 0 Å². The number of nitrogens with one attached hydrogen (secondary N) is 2. The molecule has 0 aliphatic rings. The first kappa shape index (κ1) is 16.2. The zero-order valence-electron chi connectivity index (χ0n) is 12.7. The Morgan fingerprint density at radius 2 is 1.52 bits per heavy atom. The van der Waals surface area contributed by atoms with Crippen molar-refractivity contribution in [3.63, 3.8) is 0 Å². The van der Waals surface area contributed by atoms with Gasteiger partial charge in [-0.15, -0.1) is 0 Å². The smallest absolute Gasteiger partial charge is 0.246 e. The van der Waals surface area contributed by atoms with E-state index in [9.17, 15) is 14.8 Å². The number of hydrogen-bond acceptors (Lipinski definition) is 4. The number of amides is 2. The number of hydrogen-bond donors (Lipinski definition) is 2. The molecule has 0 spiro atoms. The minimum Gasteiger partial charge on any atom is -0.594 e. The van der Waals surface area contributed by atoms with Crippen LogP contribution in [0.5, 0.6) is 0 Å². The minimum absolute atomic E-state index is 0.205. The molecule has 0 saturated carbocycles. The molecule has 0 aliphatic heterocycles. The Hall–Kier alpha value is -3.22. The summed E-state index contributed by atoms with van der Waals surface area (Å²) in [4.78, 5) is 22.6. The summed E-state index contributed by atoms with van der Waals surface area (Å²) in [7, 11) is 0. The molecule has 0 bridgehead atoms. The maximum atomic E-state index is 12.1. The minimum atomic E-state index is -0.223. The highest BCUT2D eigenvalue weighted by Gasteiger charge is 2.07. The van der Waals surface area contributed by atoms with Crippen LogP contribution in [0.4, 0.5) is 22.7 Å². The van der Waals surface area contributed by atoms with Gasteiger partial charge in [0, 0.05) is 42.5 Å². The first-order valence-electron chi connectivity index (χ1n) is 6.88. The molecule has 0 atom stereocenters. The van der Waals surface area contributed by atoms with Gasteiger partial charge in [-0.05, 0) is 24.3 Å². The second-order valence-corrected chi connectivity index (χ2v) is 4.84. The van der Waals surface area contributed by atoms with Crippen LogP contribution in [0.3, 0.4) is 0 Å². The van der Waals surface area contributed by atoms with Crippen LogP contribution in [0, 0.1) is 5.21 Å². The van der Waals surface area contributed by atoms with Crippen LogP contribution in [0.1, 0.15) is 13.8 Å². The summed E-state index contributed by atoms with van der Waals surface area (Å²) in [6.45, 7) is 2.79. The van der Waals surface area contributed by atoms with Crippen molar-refractivity contribution in [2.24, 2.45) is 5.11 Å². The molecule has 2 N–H and O–H groups in total. The fourth-order valence-corrected chi connectivity index (χ4v) is 1.92. The molecule has 0 heterocycles. The first-order valence-corrected chi connectivity index (χ1v) is 6.88. The molecule has 23 heavy (non-hydrogen) atoms. The zero-order chi connectivity index (χ0) is 16.8. The molecule has 0 aromatic heterocycles. The lowest BCUT2D eigenvalue weighted by Gasteiger charge is -2.05. The van der Waals surface area contributed by atoms with Crippen LogP contribution < -0.4 is 10.6 Å². The fourth-order valence-electron chi connectivity index (χ4n) is 1.92. The van der Waals surface area contributed by atoms with Crippen molar-refractivity contribution in [2.75, 3.05) is 10.6 Å². The molecule has 2 aromatic rings. The maximum Gasteiger partial charge on any atom is 0.246 e. The molecule has 7 heteroatoms. The summed E-state index contributed by atoms with van der Waals surface area (Å²) in [5.41, 5.74) is 1.74. The molecule has 0 aliphatic carbocycles. The average molecular weight is 312 g/mol. The van der Waals surface area contributed by atoms with Gasteiger partial charge in [0.05, 0.1) is 0 Å². The van der Waals surface area contributed by atoms with Gasteiger partial charge in [-0.1, -0.05) is 17.0 Å². The van der Waals surface area contributed by atoms with Gasteiger partial charge in [0.25, 0.3) is 0 Å². The lowest BCUT2D eigenvalue weighted by atomic mass is 10.2. The van der Waals surface area contributed by atoms with Gasteiger partial charge in [0.2, 0.25) is 17.5 Å². The van der Waals surface area contributed by atoms with Crippen LogP contribution in [-0.4, -0.2) is 16.7 Å². The summed E-state index contributed by atoms with van der Waals surface area (Å²) in [5.74, 6) is -0.427. The van der Waals surface area contributed by atoms with Crippen molar-refractivity contribution in [3.8, 4) is 0 Å². The number of benzene rings is 2. The highest BCUT2D eigenvalue weighted by molar-refractivity contribution is 5.89. The average Bonchev–Trinajstić information content (AvgIpc) is 2.46. The van der Waals surface area contributed by atoms with Gasteiger partial charge in [-0.25, -0.2) is 0 Å². The molecule has 2 aromatic carbocycles. The van der Waals surface area contributed by atoms with Crippen molar-refractivity contribution in [3.05, 3.63) is 53.7 Å². The molecule has 0 fully saturated rings. The van der Waals surface area contributed by atoms with Gasteiger partial charge in [0.15, 0.2) is 0 Å². The van der Waals surface area contributed by atoms with Crippen molar-refractivity contribution in [1.29, 1.82) is 0 Å². The highest BCUT2D eigenvalue weighted by atomic mass is 16.5. The van der Waals surface area contributed by atoms with Crippen molar-refractivity contribution < 1.29 is 14.4 Å².